The highest BCUT2D eigenvalue weighted by atomic mass is 28.4. The standard InChI is InChI=1S/C36H54O6Si/c1-33(2,3)43(7,8)42-28-22-35(5)26(14-15-29(35)36(6)39-18-19-40-36)30-27(37)21-24-20-25(16-17-34(24,4)31(28)30)41-32(38)23-12-10-9-11-13-23/h9-13,24-26,28-31H,14-22H2,1-8H3/t24-,25-,26-,28+,29?,30+,31-,34-,35-/m0/s1. The minimum absolute atomic E-state index is 0.00631. The van der Waals surface area contributed by atoms with E-state index in [0.29, 0.717) is 36.9 Å². The number of hydrogen-bond acceptors (Lipinski definition) is 6. The van der Waals surface area contributed by atoms with E-state index in [9.17, 15) is 9.59 Å². The zero-order valence-corrected chi connectivity index (χ0v) is 28.7. The number of ether oxygens (including phenoxy) is 3. The summed E-state index contributed by atoms with van der Waals surface area (Å²) < 4.78 is 26.1. The summed E-state index contributed by atoms with van der Waals surface area (Å²) in [5.74, 6) is 0.458. The number of carbonyl (C=O) groups excluding carboxylic acids is 2. The first-order valence-electron chi connectivity index (χ1n) is 16.8. The number of Topliss-reactive ketones (excluding diaryl/α,β-unsaturated/α-hetero) is 1. The summed E-state index contributed by atoms with van der Waals surface area (Å²) in [6.07, 6.45) is 5.98. The summed E-state index contributed by atoms with van der Waals surface area (Å²) in [6.45, 7) is 19.9. The molecule has 43 heavy (non-hydrogen) atoms. The van der Waals surface area contributed by atoms with Gasteiger partial charge < -0.3 is 18.6 Å². The Morgan fingerprint density at radius 3 is 2.30 bits per heavy atom. The van der Waals surface area contributed by atoms with Gasteiger partial charge in [-0.05, 0) is 104 Å². The highest BCUT2D eigenvalue weighted by Crippen LogP contribution is 2.69. The van der Waals surface area contributed by atoms with E-state index >= 15 is 0 Å². The molecule has 0 radical (unpaired) electrons. The minimum Gasteiger partial charge on any atom is -0.459 e. The zero-order valence-electron chi connectivity index (χ0n) is 27.7. The third-order valence-electron chi connectivity index (χ3n) is 13.4. The van der Waals surface area contributed by atoms with Crippen molar-refractivity contribution in [3.8, 4) is 0 Å². The zero-order chi connectivity index (χ0) is 31.0. The smallest absolute Gasteiger partial charge is 0.338 e. The Bertz CT molecular complexity index is 1220. The van der Waals surface area contributed by atoms with Gasteiger partial charge in [0.05, 0.1) is 18.8 Å². The van der Waals surface area contributed by atoms with Crippen molar-refractivity contribution in [2.45, 2.75) is 123 Å². The average molecular weight is 611 g/mol. The van der Waals surface area contributed by atoms with E-state index in [1.54, 1.807) is 0 Å². The lowest BCUT2D eigenvalue weighted by Crippen LogP contribution is -2.65. The molecule has 4 saturated carbocycles. The van der Waals surface area contributed by atoms with Crippen LogP contribution in [0.15, 0.2) is 30.3 Å². The number of benzene rings is 1. The van der Waals surface area contributed by atoms with Crippen LogP contribution in [0, 0.1) is 40.4 Å². The van der Waals surface area contributed by atoms with Crippen LogP contribution in [-0.2, 0) is 23.4 Å². The van der Waals surface area contributed by atoms with E-state index in [-0.39, 0.29) is 57.7 Å². The van der Waals surface area contributed by atoms with Crippen LogP contribution in [0.3, 0.4) is 0 Å². The van der Waals surface area contributed by atoms with Crippen molar-refractivity contribution >= 4 is 20.1 Å². The molecule has 1 unspecified atom stereocenters. The number of carbonyl (C=O) groups is 2. The highest BCUT2D eigenvalue weighted by molar-refractivity contribution is 6.74. The SMILES string of the molecule is CC1(C2CC[C@H]3[C@@H]4C(=O)C[C@@H]5C[C@@H](OC(=O)c6ccccc6)CC[C@]5(C)[C@H]4[C@H](O[Si](C)(C)C(C)(C)C)C[C@]23C)OCCO1. The van der Waals surface area contributed by atoms with Gasteiger partial charge in [-0.2, -0.15) is 0 Å². The Labute approximate surface area is 260 Å². The Hall–Kier alpha value is -1.54. The summed E-state index contributed by atoms with van der Waals surface area (Å²) in [6, 6.07) is 9.26. The van der Waals surface area contributed by atoms with Crippen molar-refractivity contribution in [3.05, 3.63) is 35.9 Å². The average Bonchev–Trinajstić information content (AvgIpc) is 3.52. The normalized spacial score (nSPS) is 40.8. The van der Waals surface area contributed by atoms with E-state index in [0.717, 1.165) is 38.5 Å². The van der Waals surface area contributed by atoms with Crippen LogP contribution in [0.4, 0.5) is 0 Å². The van der Waals surface area contributed by atoms with Gasteiger partial charge >= 0.3 is 5.97 Å². The maximum absolute atomic E-state index is 14.5. The van der Waals surface area contributed by atoms with Gasteiger partial charge in [0, 0.05) is 24.4 Å². The van der Waals surface area contributed by atoms with E-state index < -0.39 is 14.1 Å². The summed E-state index contributed by atoms with van der Waals surface area (Å²) in [5, 5.41) is 0.0707. The van der Waals surface area contributed by atoms with E-state index in [4.69, 9.17) is 18.6 Å². The van der Waals surface area contributed by atoms with Crippen molar-refractivity contribution in [3.63, 3.8) is 0 Å². The Kier molecular flexibility index (Phi) is 7.88. The Morgan fingerprint density at radius 1 is 0.977 bits per heavy atom. The van der Waals surface area contributed by atoms with Gasteiger partial charge in [-0.15, -0.1) is 0 Å². The van der Waals surface area contributed by atoms with Crippen molar-refractivity contribution in [2.75, 3.05) is 13.2 Å². The maximum Gasteiger partial charge on any atom is 0.338 e. The quantitative estimate of drug-likeness (QED) is 0.250. The molecule has 4 aliphatic carbocycles. The van der Waals surface area contributed by atoms with Crippen LogP contribution in [0.25, 0.3) is 0 Å². The fraction of sp³-hybridized carbons (Fsp3) is 0.778. The number of esters is 1. The second kappa shape index (κ2) is 10.8. The molecule has 0 amide bonds. The summed E-state index contributed by atoms with van der Waals surface area (Å²) >= 11 is 0. The highest BCUT2D eigenvalue weighted by Gasteiger charge is 2.69. The predicted octanol–water partition coefficient (Wildman–Crippen LogP) is 7.81. The number of rotatable bonds is 5. The molecule has 1 aromatic carbocycles. The molecule has 238 valence electrons. The maximum atomic E-state index is 14.5. The van der Waals surface area contributed by atoms with Crippen LogP contribution >= 0.6 is 0 Å². The molecule has 6 rings (SSSR count). The molecule has 1 heterocycles. The van der Waals surface area contributed by atoms with Crippen molar-refractivity contribution < 1.29 is 28.2 Å². The molecular formula is C36H54O6Si. The van der Waals surface area contributed by atoms with Crippen LogP contribution < -0.4 is 0 Å². The molecule has 6 nitrogen and oxygen atoms in total. The molecule has 5 aliphatic rings. The molecule has 9 atom stereocenters. The Balaban J connectivity index is 1.32. The third-order valence-corrected chi connectivity index (χ3v) is 17.9. The summed E-state index contributed by atoms with van der Waals surface area (Å²) in [5.41, 5.74) is 0.462. The topological polar surface area (TPSA) is 71.1 Å². The number of hydrogen-bond donors (Lipinski definition) is 0. The predicted molar refractivity (Wildman–Crippen MR) is 169 cm³/mol. The van der Waals surface area contributed by atoms with Crippen molar-refractivity contribution in [2.24, 2.45) is 40.4 Å². The molecule has 0 N–H and O–H groups in total. The molecule has 0 bridgehead atoms. The first kappa shape index (κ1) is 31.4. The molecular weight excluding hydrogens is 556 g/mol. The third kappa shape index (κ3) is 5.18. The van der Waals surface area contributed by atoms with Crippen LogP contribution in [0.2, 0.25) is 18.1 Å². The number of ketones is 1. The molecule has 1 aliphatic heterocycles. The fourth-order valence-corrected chi connectivity index (χ4v) is 11.5. The van der Waals surface area contributed by atoms with Gasteiger partial charge in [-0.25, -0.2) is 4.79 Å². The van der Waals surface area contributed by atoms with Crippen LogP contribution in [-0.4, -0.2) is 51.3 Å². The van der Waals surface area contributed by atoms with Gasteiger partial charge in [0.25, 0.3) is 0 Å². The van der Waals surface area contributed by atoms with Crippen LogP contribution in [0.5, 0.6) is 0 Å². The van der Waals surface area contributed by atoms with Gasteiger partial charge in [0.1, 0.15) is 11.9 Å². The van der Waals surface area contributed by atoms with Gasteiger partial charge in [-0.3, -0.25) is 4.79 Å². The second-order valence-corrected chi connectivity index (χ2v) is 21.4. The summed E-state index contributed by atoms with van der Waals surface area (Å²) in [7, 11) is -2.15. The monoisotopic (exact) mass is 610 g/mol. The summed E-state index contributed by atoms with van der Waals surface area (Å²) in [4.78, 5) is 27.4. The lowest BCUT2D eigenvalue weighted by Gasteiger charge is -2.63. The second-order valence-electron chi connectivity index (χ2n) is 16.7. The van der Waals surface area contributed by atoms with Crippen molar-refractivity contribution in [1.29, 1.82) is 0 Å². The van der Waals surface area contributed by atoms with E-state index in [2.05, 4.69) is 54.6 Å². The van der Waals surface area contributed by atoms with Crippen LogP contribution in [0.1, 0.15) is 96.8 Å². The lowest BCUT2D eigenvalue weighted by molar-refractivity contribution is -0.229. The minimum atomic E-state index is -2.15. The largest absolute Gasteiger partial charge is 0.459 e. The first-order valence-corrected chi connectivity index (χ1v) is 19.7. The molecule has 1 saturated heterocycles. The van der Waals surface area contributed by atoms with Crippen molar-refractivity contribution in [1.82, 2.24) is 0 Å². The molecule has 0 aromatic heterocycles. The molecule has 7 heteroatoms. The Morgan fingerprint density at radius 2 is 1.65 bits per heavy atom. The number of fused-ring (bicyclic) bond motifs is 5. The fourth-order valence-electron chi connectivity index (χ4n) is 10.1. The molecule has 5 fully saturated rings. The molecule has 0 spiro atoms. The van der Waals surface area contributed by atoms with Gasteiger partial charge in [0.15, 0.2) is 14.1 Å². The van der Waals surface area contributed by atoms with E-state index in [1.165, 1.54) is 0 Å². The lowest BCUT2D eigenvalue weighted by atomic mass is 9.43. The van der Waals surface area contributed by atoms with E-state index in [1.807, 2.05) is 30.3 Å². The van der Waals surface area contributed by atoms with Gasteiger partial charge in [-0.1, -0.05) is 52.8 Å². The van der Waals surface area contributed by atoms with Gasteiger partial charge in [0.2, 0.25) is 0 Å². The molecule has 1 aromatic rings. The first-order chi connectivity index (χ1) is 20.1.